The molecule has 8 nitrogen and oxygen atoms in total. The molecule has 2 aliphatic rings. The molecule has 2 aromatic carbocycles. The molecule has 37 heavy (non-hydrogen) atoms. The van der Waals surface area contributed by atoms with Crippen LogP contribution >= 0.6 is 22.9 Å². The molecule has 194 valence electrons. The molecular formula is C27H27ClN2O6S. The summed E-state index contributed by atoms with van der Waals surface area (Å²) >= 11 is 7.58. The lowest BCUT2D eigenvalue weighted by molar-refractivity contribution is -0.135. The predicted molar refractivity (Wildman–Crippen MR) is 143 cm³/mol. The molecule has 5 rings (SSSR count). The number of benzene rings is 2. The van der Waals surface area contributed by atoms with E-state index in [1.165, 1.54) is 17.4 Å². The van der Waals surface area contributed by atoms with Gasteiger partial charge in [0.2, 0.25) is 0 Å². The normalized spacial score (nSPS) is 16.4. The van der Waals surface area contributed by atoms with Crippen LogP contribution in [0.1, 0.15) is 23.6 Å². The van der Waals surface area contributed by atoms with Gasteiger partial charge in [-0.3, -0.25) is 9.36 Å². The van der Waals surface area contributed by atoms with Crippen molar-refractivity contribution in [1.82, 2.24) is 4.57 Å². The maximum absolute atomic E-state index is 13.6. The summed E-state index contributed by atoms with van der Waals surface area (Å²) in [6.07, 6.45) is 3.20. The number of nitrogens with zero attached hydrogens (tertiary/aromatic N) is 2. The van der Waals surface area contributed by atoms with Crippen LogP contribution in [0.25, 0.3) is 12.2 Å². The number of morpholine rings is 1. The highest BCUT2D eigenvalue weighted by Crippen LogP contribution is 2.31. The van der Waals surface area contributed by atoms with Gasteiger partial charge in [-0.1, -0.05) is 23.7 Å². The van der Waals surface area contributed by atoms with Gasteiger partial charge >= 0.3 is 5.97 Å². The average Bonchev–Trinajstić information content (AvgIpc) is 3.18. The van der Waals surface area contributed by atoms with Crippen LogP contribution in [-0.4, -0.2) is 50.2 Å². The monoisotopic (exact) mass is 542 g/mol. The first kappa shape index (κ1) is 25.5. The van der Waals surface area contributed by atoms with Crippen LogP contribution in [0.4, 0.5) is 5.69 Å². The molecule has 3 heterocycles. The summed E-state index contributed by atoms with van der Waals surface area (Å²) in [4.78, 5) is 28.1. The number of anilines is 1. The molecule has 1 fully saturated rings. The summed E-state index contributed by atoms with van der Waals surface area (Å²) in [5.74, 6) is 0.150. The Morgan fingerprint density at radius 3 is 2.70 bits per heavy atom. The Kier molecular flexibility index (Phi) is 7.95. The number of thiazole rings is 1. The second-order valence-electron chi connectivity index (χ2n) is 8.59. The van der Waals surface area contributed by atoms with Gasteiger partial charge < -0.3 is 23.8 Å². The highest BCUT2D eigenvalue weighted by Gasteiger charge is 2.18. The van der Waals surface area contributed by atoms with Gasteiger partial charge in [-0.25, -0.2) is 4.79 Å². The number of carbonyl (C=O) groups excluding carboxylic acids is 1. The number of hydrogen-bond acceptors (Lipinski definition) is 8. The van der Waals surface area contributed by atoms with Crippen molar-refractivity contribution < 1.29 is 23.7 Å². The lowest BCUT2D eigenvalue weighted by Gasteiger charge is -2.28. The second-order valence-corrected chi connectivity index (χ2v) is 10.1. The standard InChI is InChI=1S/C27H27ClN2O6S/c1-2-35-25(31)14-24-30(15-19-12-21(28)13-20-16-34-17-36-26(19)20)27(32)23(37-24)11-18-3-5-22(6-4-18)29-7-9-33-10-8-29/h3-6,11-14H,2,7-10,15-17H2,1H3/b23-11+,24-14-. The van der Waals surface area contributed by atoms with Gasteiger partial charge in [0.1, 0.15) is 10.4 Å². The van der Waals surface area contributed by atoms with Crippen LogP contribution in [0.3, 0.4) is 0 Å². The first-order chi connectivity index (χ1) is 18.0. The molecule has 0 aliphatic carbocycles. The van der Waals surface area contributed by atoms with Gasteiger partial charge in [-0.05, 0) is 42.8 Å². The molecule has 0 amide bonds. The fraction of sp³-hybridized carbons (Fsp3) is 0.333. The lowest BCUT2D eigenvalue weighted by atomic mass is 10.1. The van der Waals surface area contributed by atoms with E-state index >= 15 is 0 Å². The van der Waals surface area contributed by atoms with Gasteiger partial charge in [0.15, 0.2) is 6.79 Å². The van der Waals surface area contributed by atoms with Gasteiger partial charge in [0.05, 0.1) is 43.6 Å². The third-order valence-electron chi connectivity index (χ3n) is 6.11. The molecule has 0 atom stereocenters. The predicted octanol–water partition coefficient (Wildman–Crippen LogP) is 2.49. The Morgan fingerprint density at radius 1 is 1.16 bits per heavy atom. The maximum Gasteiger partial charge on any atom is 0.333 e. The number of rotatable bonds is 6. The van der Waals surface area contributed by atoms with E-state index < -0.39 is 5.97 Å². The maximum atomic E-state index is 13.6. The summed E-state index contributed by atoms with van der Waals surface area (Å²) in [7, 11) is 0. The highest BCUT2D eigenvalue weighted by atomic mass is 35.5. The van der Waals surface area contributed by atoms with Crippen molar-refractivity contribution in [2.45, 2.75) is 20.1 Å². The molecule has 0 radical (unpaired) electrons. The van der Waals surface area contributed by atoms with Crippen LogP contribution in [0.5, 0.6) is 5.75 Å². The summed E-state index contributed by atoms with van der Waals surface area (Å²) in [5, 5.41) is 0.522. The number of halogens is 1. The fourth-order valence-corrected chi connectivity index (χ4v) is 5.67. The number of ether oxygens (including phenoxy) is 4. The molecule has 3 aromatic rings. The van der Waals surface area contributed by atoms with Crippen LogP contribution in [0.2, 0.25) is 5.02 Å². The van der Waals surface area contributed by atoms with Crippen LogP contribution in [-0.2, 0) is 32.2 Å². The van der Waals surface area contributed by atoms with E-state index in [2.05, 4.69) is 4.90 Å². The number of hydrogen-bond donors (Lipinski definition) is 0. The number of carbonyl (C=O) groups is 1. The van der Waals surface area contributed by atoms with E-state index in [0.29, 0.717) is 26.6 Å². The van der Waals surface area contributed by atoms with E-state index in [9.17, 15) is 9.59 Å². The Morgan fingerprint density at radius 2 is 1.95 bits per heavy atom. The minimum atomic E-state index is -0.503. The zero-order valence-electron chi connectivity index (χ0n) is 20.4. The van der Waals surface area contributed by atoms with E-state index in [0.717, 1.165) is 48.7 Å². The third kappa shape index (κ3) is 5.91. The Balaban J connectivity index is 1.54. The van der Waals surface area contributed by atoms with E-state index in [1.807, 2.05) is 30.3 Å². The smallest absolute Gasteiger partial charge is 0.333 e. The molecule has 0 saturated carbocycles. The molecule has 0 N–H and O–H groups in total. The van der Waals surface area contributed by atoms with Gasteiger partial charge in [-0.15, -0.1) is 11.3 Å². The SMILES string of the molecule is CCOC(=O)/C=c1\s/c(=C/c2ccc(N3CCOCC3)cc2)c(=O)n1Cc1cc(Cl)cc2c1OCOC2. The molecular weight excluding hydrogens is 516 g/mol. The molecule has 0 unspecified atom stereocenters. The Bertz CT molecular complexity index is 1460. The van der Waals surface area contributed by atoms with Crippen molar-refractivity contribution in [3.63, 3.8) is 0 Å². The average molecular weight is 543 g/mol. The topological polar surface area (TPSA) is 79.2 Å². The Labute approximate surface area is 222 Å². The van der Waals surface area contributed by atoms with Crippen molar-refractivity contribution in [3.8, 4) is 5.75 Å². The van der Waals surface area contributed by atoms with Crippen molar-refractivity contribution in [2.24, 2.45) is 0 Å². The van der Waals surface area contributed by atoms with Gasteiger partial charge in [0.25, 0.3) is 5.56 Å². The minimum Gasteiger partial charge on any atom is -0.467 e. The zero-order chi connectivity index (χ0) is 25.8. The van der Waals surface area contributed by atoms with Crippen molar-refractivity contribution in [2.75, 3.05) is 44.6 Å². The Hall–Kier alpha value is -3.11. The zero-order valence-corrected chi connectivity index (χ0v) is 22.0. The summed E-state index contributed by atoms with van der Waals surface area (Å²) < 4.78 is 24.2. The number of fused-ring (bicyclic) bond motifs is 1. The molecule has 1 aromatic heterocycles. The summed E-state index contributed by atoms with van der Waals surface area (Å²) in [6, 6.07) is 11.6. The fourth-order valence-electron chi connectivity index (χ4n) is 4.38. The number of esters is 1. The van der Waals surface area contributed by atoms with Crippen LogP contribution < -0.4 is 24.4 Å². The second kappa shape index (κ2) is 11.5. The first-order valence-electron chi connectivity index (χ1n) is 12.1. The molecule has 0 spiro atoms. The van der Waals surface area contributed by atoms with Gasteiger partial charge in [0, 0.05) is 34.9 Å². The molecule has 10 heteroatoms. The lowest BCUT2D eigenvalue weighted by Crippen LogP contribution is -2.36. The van der Waals surface area contributed by atoms with Crippen molar-refractivity contribution in [3.05, 3.63) is 77.7 Å². The van der Waals surface area contributed by atoms with Crippen molar-refractivity contribution >= 4 is 46.7 Å². The number of aromatic nitrogens is 1. The van der Waals surface area contributed by atoms with E-state index in [1.54, 1.807) is 23.6 Å². The first-order valence-corrected chi connectivity index (χ1v) is 13.3. The van der Waals surface area contributed by atoms with Crippen molar-refractivity contribution in [1.29, 1.82) is 0 Å². The van der Waals surface area contributed by atoms with Crippen LogP contribution in [0.15, 0.2) is 41.2 Å². The summed E-state index contributed by atoms with van der Waals surface area (Å²) in [6.45, 7) is 5.83. The largest absolute Gasteiger partial charge is 0.467 e. The molecule has 2 aliphatic heterocycles. The minimum absolute atomic E-state index is 0.126. The molecule has 1 saturated heterocycles. The van der Waals surface area contributed by atoms with E-state index in [4.69, 9.17) is 30.5 Å². The van der Waals surface area contributed by atoms with Gasteiger partial charge in [-0.2, -0.15) is 0 Å². The summed E-state index contributed by atoms with van der Waals surface area (Å²) in [5.41, 5.74) is 3.37. The third-order valence-corrected chi connectivity index (χ3v) is 7.39. The van der Waals surface area contributed by atoms with E-state index in [-0.39, 0.29) is 25.5 Å². The molecule has 0 bridgehead atoms. The highest BCUT2D eigenvalue weighted by molar-refractivity contribution is 7.07. The van der Waals surface area contributed by atoms with Crippen LogP contribution in [0, 0.1) is 0 Å². The quantitative estimate of drug-likeness (QED) is 0.443.